The monoisotopic (exact) mass is 240 g/mol. The van der Waals surface area contributed by atoms with Crippen molar-refractivity contribution in [2.45, 2.75) is 6.92 Å². The van der Waals surface area contributed by atoms with Crippen molar-refractivity contribution in [3.63, 3.8) is 0 Å². The van der Waals surface area contributed by atoms with Crippen molar-refractivity contribution < 1.29 is 14.3 Å². The van der Waals surface area contributed by atoms with Gasteiger partial charge >= 0.3 is 11.7 Å². The molecule has 2 rings (SSSR count). The topological polar surface area (TPSA) is 62.7 Å². The van der Waals surface area contributed by atoms with Crippen LogP contribution in [0.3, 0.4) is 0 Å². The average molecular weight is 240 g/mol. The Kier molecular flexibility index (Phi) is 3.51. The van der Waals surface area contributed by atoms with Gasteiger partial charge in [-0.3, -0.25) is 0 Å². The summed E-state index contributed by atoms with van der Waals surface area (Å²) < 4.78 is 4.87. The summed E-state index contributed by atoms with van der Waals surface area (Å²) in [5.41, 5.74) is 9.51. The van der Waals surface area contributed by atoms with E-state index in [0.29, 0.717) is 5.56 Å². The van der Waals surface area contributed by atoms with Gasteiger partial charge in [0.15, 0.2) is 0 Å². The fourth-order valence-corrected chi connectivity index (χ4v) is 1.84. The quantitative estimate of drug-likeness (QED) is 0.358. The molecule has 0 heterocycles. The van der Waals surface area contributed by atoms with Gasteiger partial charge in [0.25, 0.3) is 0 Å². The number of hydrogen-bond donors (Lipinski definition) is 0. The molecule has 0 bridgehead atoms. The highest BCUT2D eigenvalue weighted by Gasteiger charge is 2.25. The van der Waals surface area contributed by atoms with Crippen LogP contribution in [0.15, 0.2) is 42.5 Å². The molecule has 0 saturated heterocycles. The molecular weight excluding hydrogens is 228 g/mol. The van der Waals surface area contributed by atoms with Crippen molar-refractivity contribution in [3.8, 4) is 0 Å². The Balaban J connectivity index is 2.60. The molecule has 0 fully saturated rings. The molecule has 0 aliphatic rings. The van der Waals surface area contributed by atoms with Crippen LogP contribution < -0.4 is 0 Å². The molecule has 0 atom stereocenters. The molecule has 0 spiro atoms. The molecule has 4 heteroatoms. The molecule has 0 aliphatic heterocycles. The van der Waals surface area contributed by atoms with E-state index in [1.807, 2.05) is 36.4 Å². The highest BCUT2D eigenvalue weighted by Crippen LogP contribution is 2.19. The van der Waals surface area contributed by atoms with Gasteiger partial charge in [0.05, 0.1) is 12.2 Å². The maximum atomic E-state index is 11.7. The Morgan fingerprint density at radius 3 is 2.67 bits per heavy atom. The lowest BCUT2D eigenvalue weighted by molar-refractivity contribution is -0.139. The van der Waals surface area contributed by atoms with Crippen LogP contribution in [0.5, 0.6) is 0 Å². The van der Waals surface area contributed by atoms with E-state index in [1.165, 1.54) is 0 Å². The molecule has 0 unspecified atom stereocenters. The largest absolute Gasteiger partial charge is 0.457 e. The summed E-state index contributed by atoms with van der Waals surface area (Å²) >= 11 is 0. The van der Waals surface area contributed by atoms with Crippen LogP contribution in [0.1, 0.15) is 12.5 Å². The van der Waals surface area contributed by atoms with Gasteiger partial charge < -0.3 is 10.3 Å². The Bertz CT molecular complexity index is 638. The zero-order chi connectivity index (χ0) is 13.0. The number of fused-ring (bicyclic) bond motifs is 1. The molecule has 0 N–H and O–H groups in total. The third-order valence-electron chi connectivity index (χ3n) is 2.61. The second kappa shape index (κ2) is 5.25. The van der Waals surface area contributed by atoms with Crippen molar-refractivity contribution in [3.05, 3.63) is 53.6 Å². The predicted octanol–water partition coefficient (Wildman–Crippen LogP) is 2.42. The first kappa shape index (κ1) is 12.0. The maximum absolute atomic E-state index is 11.7. The lowest BCUT2D eigenvalue weighted by Gasteiger charge is -2.02. The molecule has 18 heavy (non-hydrogen) atoms. The normalized spacial score (nSPS) is 9.83. The van der Waals surface area contributed by atoms with Gasteiger partial charge in [0, 0.05) is 0 Å². The minimum Gasteiger partial charge on any atom is -0.457 e. The average Bonchev–Trinajstić information content (AvgIpc) is 2.40. The summed E-state index contributed by atoms with van der Waals surface area (Å²) in [6, 6.07) is 13.0. The number of esters is 1. The zero-order valence-corrected chi connectivity index (χ0v) is 9.96. The minimum absolute atomic E-state index is 0.0753. The second-order valence-corrected chi connectivity index (χ2v) is 3.70. The summed E-state index contributed by atoms with van der Waals surface area (Å²) in [4.78, 5) is 14.8. The van der Waals surface area contributed by atoms with E-state index in [2.05, 4.69) is 4.79 Å². The van der Waals surface area contributed by atoms with E-state index in [0.717, 1.165) is 10.8 Å². The number of carbonyl (C=O) groups is 1. The highest BCUT2D eigenvalue weighted by atomic mass is 16.5. The van der Waals surface area contributed by atoms with Crippen LogP contribution >= 0.6 is 0 Å². The van der Waals surface area contributed by atoms with E-state index in [1.54, 1.807) is 13.0 Å². The van der Waals surface area contributed by atoms with Gasteiger partial charge in [-0.2, -0.15) is 4.79 Å². The zero-order valence-electron chi connectivity index (χ0n) is 9.96. The van der Waals surface area contributed by atoms with Crippen LogP contribution in [0.2, 0.25) is 0 Å². The molecule has 2 aromatic rings. The molecule has 0 radical (unpaired) electrons. The first-order valence-corrected chi connectivity index (χ1v) is 5.65. The summed E-state index contributed by atoms with van der Waals surface area (Å²) in [5.74, 6) is -0.628. The van der Waals surface area contributed by atoms with Crippen molar-refractivity contribution in [1.82, 2.24) is 0 Å². The fourth-order valence-electron chi connectivity index (χ4n) is 1.84. The first-order valence-electron chi connectivity index (χ1n) is 5.65. The predicted molar refractivity (Wildman–Crippen MR) is 68.3 cm³/mol. The van der Waals surface area contributed by atoms with Crippen molar-refractivity contribution in [2.24, 2.45) is 0 Å². The Hall–Kier alpha value is -2.45. The summed E-state index contributed by atoms with van der Waals surface area (Å²) in [7, 11) is 0. The third-order valence-corrected chi connectivity index (χ3v) is 2.61. The maximum Gasteiger partial charge on any atom is 0.422 e. The molecule has 0 aliphatic carbocycles. The second-order valence-electron chi connectivity index (χ2n) is 3.70. The molecule has 2 aromatic carbocycles. The van der Waals surface area contributed by atoms with Gasteiger partial charge in [0.2, 0.25) is 0 Å². The van der Waals surface area contributed by atoms with Gasteiger partial charge in [-0.25, -0.2) is 4.79 Å². The Morgan fingerprint density at radius 2 is 1.94 bits per heavy atom. The van der Waals surface area contributed by atoms with Crippen LogP contribution in [-0.2, 0) is 9.53 Å². The summed E-state index contributed by atoms with van der Waals surface area (Å²) in [6.45, 7) is 1.94. The minimum atomic E-state index is -0.628. The Labute approximate surface area is 104 Å². The number of carbonyl (C=O) groups excluding carboxylic acids is 1. The van der Waals surface area contributed by atoms with Crippen molar-refractivity contribution in [1.29, 1.82) is 0 Å². The fraction of sp³-hybridized carbons (Fsp3) is 0.143. The third kappa shape index (κ3) is 2.14. The van der Waals surface area contributed by atoms with Crippen LogP contribution in [0.4, 0.5) is 0 Å². The standard InChI is InChI=1S/C14H12N2O2/c1-2-18-14(17)13(16-15)12-9-5-7-10-6-3-4-8-11(10)12/h3-9H,2H2,1H3. The number of hydrogen-bond acceptors (Lipinski definition) is 2. The smallest absolute Gasteiger partial charge is 0.422 e. The van der Waals surface area contributed by atoms with E-state index in [4.69, 9.17) is 10.3 Å². The molecule has 0 aromatic heterocycles. The summed E-state index contributed by atoms with van der Waals surface area (Å²) in [5, 5.41) is 1.82. The molecular formula is C14H12N2O2. The van der Waals surface area contributed by atoms with Crippen molar-refractivity contribution >= 4 is 22.5 Å². The number of nitrogens with zero attached hydrogens (tertiary/aromatic N) is 2. The van der Waals surface area contributed by atoms with E-state index >= 15 is 0 Å². The van der Waals surface area contributed by atoms with Gasteiger partial charge in [0.1, 0.15) is 0 Å². The van der Waals surface area contributed by atoms with Crippen LogP contribution in [0, 0.1) is 0 Å². The molecule has 0 saturated carbocycles. The van der Waals surface area contributed by atoms with E-state index < -0.39 is 5.97 Å². The van der Waals surface area contributed by atoms with Crippen molar-refractivity contribution in [2.75, 3.05) is 6.61 Å². The van der Waals surface area contributed by atoms with E-state index in [-0.39, 0.29) is 12.3 Å². The van der Waals surface area contributed by atoms with Crippen LogP contribution in [0.25, 0.3) is 16.3 Å². The lowest BCUT2D eigenvalue weighted by Crippen LogP contribution is -2.20. The highest BCUT2D eigenvalue weighted by molar-refractivity contribution is 6.43. The first-order chi connectivity index (χ1) is 8.77. The van der Waals surface area contributed by atoms with Gasteiger partial charge in [-0.15, -0.1) is 0 Å². The number of benzene rings is 2. The SMILES string of the molecule is CCOC(=O)C(=[N+]=[N-])c1cccc2ccccc12. The molecule has 0 amide bonds. The molecule has 4 nitrogen and oxygen atoms in total. The number of ether oxygens (including phenoxy) is 1. The lowest BCUT2D eigenvalue weighted by atomic mass is 10.0. The van der Waals surface area contributed by atoms with Gasteiger partial charge in [-0.05, 0) is 23.8 Å². The molecule has 90 valence electrons. The number of rotatable bonds is 3. The van der Waals surface area contributed by atoms with Crippen LogP contribution in [-0.4, -0.2) is 23.1 Å². The Morgan fingerprint density at radius 1 is 1.22 bits per heavy atom. The summed E-state index contributed by atoms with van der Waals surface area (Å²) in [6.07, 6.45) is 0. The van der Waals surface area contributed by atoms with Gasteiger partial charge in [-0.1, -0.05) is 36.4 Å². The van der Waals surface area contributed by atoms with E-state index in [9.17, 15) is 4.79 Å².